The molecule has 0 unspecified atom stereocenters. The highest BCUT2D eigenvalue weighted by Gasteiger charge is 2.31. The number of aromatic nitrogens is 6. The van der Waals surface area contributed by atoms with Crippen LogP contribution in [0.5, 0.6) is 11.5 Å². The largest absolute Gasteiger partial charge is 0.494 e. The molecule has 0 aliphatic heterocycles. The molecule has 13 heteroatoms. The number of methoxy groups -OCH3 is 3. The number of para-hydroxylation sites is 1. The molecular formula is C24H27N7O5S. The Morgan fingerprint density at radius 3 is 2.32 bits per heavy atom. The Morgan fingerprint density at radius 1 is 0.973 bits per heavy atom. The summed E-state index contributed by atoms with van der Waals surface area (Å²) in [7, 11) is 0.404. The van der Waals surface area contributed by atoms with Gasteiger partial charge in [-0.3, -0.25) is 24.2 Å². The summed E-state index contributed by atoms with van der Waals surface area (Å²) in [5.74, 6) is 1.13. The van der Waals surface area contributed by atoms with Crippen molar-refractivity contribution in [3.8, 4) is 28.6 Å². The highest BCUT2D eigenvalue weighted by atomic mass is 32.2. The third-order valence-corrected chi connectivity index (χ3v) is 7.15. The van der Waals surface area contributed by atoms with Gasteiger partial charge in [0.05, 0.1) is 32.2 Å². The lowest BCUT2D eigenvalue weighted by Crippen LogP contribution is -2.34. The van der Waals surface area contributed by atoms with Gasteiger partial charge >= 0.3 is 0 Å². The van der Waals surface area contributed by atoms with Gasteiger partial charge in [-0.05, 0) is 31.2 Å². The van der Waals surface area contributed by atoms with E-state index in [1.807, 2.05) is 0 Å². The van der Waals surface area contributed by atoms with Crippen LogP contribution in [0.1, 0.15) is 11.4 Å². The first-order valence-electron chi connectivity index (χ1n) is 11.2. The molecule has 0 bridgehead atoms. The van der Waals surface area contributed by atoms with Crippen molar-refractivity contribution >= 4 is 16.0 Å². The van der Waals surface area contributed by atoms with Crippen LogP contribution in [0.4, 0.5) is 5.95 Å². The molecule has 0 fully saturated rings. The maximum atomic E-state index is 13.6. The van der Waals surface area contributed by atoms with E-state index in [2.05, 4.69) is 29.9 Å². The fourth-order valence-corrected chi connectivity index (χ4v) is 4.97. The smallest absolute Gasteiger partial charge is 0.243 e. The SMILES string of the molecule is COC[C@@H](Cc1cnc(C)cn1)S(=O)(=O)Nc1nnc(-c2cccnc2)n1-c1c(OC)cccc1OC. The minimum absolute atomic E-state index is 0.0576. The van der Waals surface area contributed by atoms with Crippen molar-refractivity contribution in [3.05, 3.63) is 66.5 Å². The number of rotatable bonds is 11. The Kier molecular flexibility index (Phi) is 7.94. The van der Waals surface area contributed by atoms with E-state index in [0.717, 1.165) is 5.69 Å². The Labute approximate surface area is 214 Å². The van der Waals surface area contributed by atoms with Crippen LogP contribution in [-0.2, 0) is 21.2 Å². The number of hydrogen-bond donors (Lipinski definition) is 1. The van der Waals surface area contributed by atoms with Crippen LogP contribution in [-0.4, -0.2) is 71.3 Å². The zero-order valence-electron chi connectivity index (χ0n) is 20.8. The van der Waals surface area contributed by atoms with E-state index < -0.39 is 15.3 Å². The Hall–Kier alpha value is -4.10. The number of ether oxygens (including phenoxy) is 3. The van der Waals surface area contributed by atoms with Crippen LogP contribution in [0.15, 0.2) is 55.1 Å². The first kappa shape index (κ1) is 26.0. The first-order valence-corrected chi connectivity index (χ1v) is 12.8. The molecule has 1 N–H and O–H groups in total. The van der Waals surface area contributed by atoms with Crippen LogP contribution in [0.25, 0.3) is 17.1 Å². The van der Waals surface area contributed by atoms with Gasteiger partial charge in [-0.15, -0.1) is 10.2 Å². The van der Waals surface area contributed by atoms with Crippen molar-refractivity contribution in [3.63, 3.8) is 0 Å². The summed E-state index contributed by atoms with van der Waals surface area (Å²) in [4.78, 5) is 12.7. The molecule has 1 atom stereocenters. The molecule has 4 aromatic rings. The predicted molar refractivity (Wildman–Crippen MR) is 136 cm³/mol. The predicted octanol–water partition coefficient (Wildman–Crippen LogP) is 2.44. The summed E-state index contributed by atoms with van der Waals surface area (Å²) in [6.45, 7) is 1.73. The zero-order chi connectivity index (χ0) is 26.4. The number of pyridine rings is 1. The van der Waals surface area contributed by atoms with Crippen molar-refractivity contribution in [2.24, 2.45) is 0 Å². The summed E-state index contributed by atoms with van der Waals surface area (Å²) in [5.41, 5.74) is 2.27. The molecule has 3 heterocycles. The second-order valence-corrected chi connectivity index (χ2v) is 9.97. The van der Waals surface area contributed by atoms with Gasteiger partial charge in [0.2, 0.25) is 16.0 Å². The number of aryl methyl sites for hydroxylation is 1. The average molecular weight is 526 g/mol. The van der Waals surface area contributed by atoms with Gasteiger partial charge in [0.15, 0.2) is 5.82 Å². The van der Waals surface area contributed by atoms with Crippen molar-refractivity contribution in [2.75, 3.05) is 32.7 Å². The molecule has 0 spiro atoms. The number of sulfonamides is 1. The highest BCUT2D eigenvalue weighted by molar-refractivity contribution is 7.93. The van der Waals surface area contributed by atoms with Gasteiger partial charge in [-0.2, -0.15) is 0 Å². The molecule has 3 aromatic heterocycles. The van der Waals surface area contributed by atoms with E-state index in [1.165, 1.54) is 25.9 Å². The topological polar surface area (TPSA) is 143 Å². The van der Waals surface area contributed by atoms with Crippen LogP contribution >= 0.6 is 0 Å². The van der Waals surface area contributed by atoms with Gasteiger partial charge in [-0.1, -0.05) is 6.07 Å². The number of hydrogen-bond acceptors (Lipinski definition) is 10. The highest BCUT2D eigenvalue weighted by Crippen LogP contribution is 2.37. The molecule has 0 aliphatic carbocycles. The summed E-state index contributed by atoms with van der Waals surface area (Å²) in [5, 5.41) is 7.47. The third-order valence-electron chi connectivity index (χ3n) is 5.50. The Balaban J connectivity index is 1.81. The molecule has 0 saturated heterocycles. The minimum Gasteiger partial charge on any atom is -0.494 e. The first-order chi connectivity index (χ1) is 17.9. The minimum atomic E-state index is -4.05. The van der Waals surface area contributed by atoms with E-state index >= 15 is 0 Å². The molecule has 194 valence electrons. The van der Waals surface area contributed by atoms with Crippen molar-refractivity contribution < 1.29 is 22.6 Å². The molecular weight excluding hydrogens is 498 g/mol. The second kappa shape index (κ2) is 11.3. The van der Waals surface area contributed by atoms with E-state index in [9.17, 15) is 8.42 Å². The summed E-state index contributed by atoms with van der Waals surface area (Å²) in [6.07, 6.45) is 6.45. The molecule has 0 amide bonds. The van der Waals surface area contributed by atoms with Gasteiger partial charge in [0, 0.05) is 43.9 Å². The number of anilines is 1. The standard InChI is InChI=1S/C24H27N7O5S/c1-16-12-27-18(14-26-16)11-19(15-34-2)37(32,33)30-24-29-28-23(17-7-6-10-25-13-17)31(24)22-20(35-3)8-5-9-21(22)36-4/h5-10,12-14,19H,11,15H2,1-4H3,(H,29,30)/t19-/m1/s1. The zero-order valence-corrected chi connectivity index (χ0v) is 21.6. The van der Waals surface area contributed by atoms with Gasteiger partial charge in [0.1, 0.15) is 22.4 Å². The monoisotopic (exact) mass is 525 g/mol. The summed E-state index contributed by atoms with van der Waals surface area (Å²) >= 11 is 0. The van der Waals surface area contributed by atoms with Crippen molar-refractivity contribution in [1.82, 2.24) is 29.7 Å². The number of nitrogens with zero attached hydrogens (tertiary/aromatic N) is 6. The van der Waals surface area contributed by atoms with E-state index in [4.69, 9.17) is 14.2 Å². The Bertz CT molecular complexity index is 1420. The van der Waals surface area contributed by atoms with E-state index in [-0.39, 0.29) is 19.0 Å². The van der Waals surface area contributed by atoms with Gasteiger partial charge in [-0.25, -0.2) is 8.42 Å². The maximum absolute atomic E-state index is 13.6. The number of nitrogens with one attached hydrogen (secondary N) is 1. The Morgan fingerprint density at radius 2 is 1.73 bits per heavy atom. The molecule has 1 aromatic carbocycles. The summed E-state index contributed by atoms with van der Waals surface area (Å²) < 4.78 is 47.7. The van der Waals surface area contributed by atoms with Crippen molar-refractivity contribution in [1.29, 1.82) is 0 Å². The van der Waals surface area contributed by atoms with E-state index in [1.54, 1.807) is 62.0 Å². The quantitative estimate of drug-likeness (QED) is 0.310. The van der Waals surface area contributed by atoms with Gasteiger partial charge in [0.25, 0.3) is 0 Å². The maximum Gasteiger partial charge on any atom is 0.243 e. The van der Waals surface area contributed by atoms with Crippen LogP contribution < -0.4 is 14.2 Å². The van der Waals surface area contributed by atoms with Crippen molar-refractivity contribution in [2.45, 2.75) is 18.6 Å². The number of benzene rings is 1. The molecule has 0 aliphatic rings. The van der Waals surface area contributed by atoms with Crippen LogP contribution in [0, 0.1) is 6.92 Å². The summed E-state index contributed by atoms with van der Waals surface area (Å²) in [6, 6.07) is 8.75. The normalized spacial score (nSPS) is 12.2. The lowest BCUT2D eigenvalue weighted by atomic mass is 10.2. The third kappa shape index (κ3) is 5.67. The molecule has 4 rings (SSSR count). The molecule has 0 radical (unpaired) electrons. The van der Waals surface area contributed by atoms with E-state index in [0.29, 0.717) is 34.3 Å². The molecule has 0 saturated carbocycles. The lowest BCUT2D eigenvalue weighted by molar-refractivity contribution is 0.196. The molecule has 37 heavy (non-hydrogen) atoms. The average Bonchev–Trinajstić information content (AvgIpc) is 3.31. The van der Waals surface area contributed by atoms with Crippen LogP contribution in [0.2, 0.25) is 0 Å². The van der Waals surface area contributed by atoms with Gasteiger partial charge < -0.3 is 14.2 Å². The second-order valence-electron chi connectivity index (χ2n) is 8.01. The molecule has 12 nitrogen and oxygen atoms in total. The fraction of sp³-hybridized carbons (Fsp3) is 0.292. The van der Waals surface area contributed by atoms with Crippen LogP contribution in [0.3, 0.4) is 0 Å². The lowest BCUT2D eigenvalue weighted by Gasteiger charge is -2.20. The fourth-order valence-electron chi connectivity index (χ4n) is 3.71.